The molecule has 0 amide bonds. The van der Waals surface area contributed by atoms with Crippen LogP contribution in [0.25, 0.3) is 5.65 Å². The van der Waals surface area contributed by atoms with Gasteiger partial charge in [0, 0.05) is 55.9 Å². The Labute approximate surface area is 219 Å². The summed E-state index contributed by atoms with van der Waals surface area (Å²) in [6, 6.07) is 10.8. The molecule has 0 atom stereocenters. The van der Waals surface area contributed by atoms with Crippen molar-refractivity contribution in [1.82, 2.24) is 23.9 Å². The first kappa shape index (κ1) is 26.2. The molecule has 0 bridgehead atoms. The van der Waals surface area contributed by atoms with E-state index in [9.17, 15) is 21.6 Å². The predicted molar refractivity (Wildman–Crippen MR) is 140 cm³/mol. The minimum absolute atomic E-state index is 0.00167. The summed E-state index contributed by atoms with van der Waals surface area (Å²) in [5.74, 6) is 0.838. The highest BCUT2D eigenvalue weighted by atomic mass is 32.2. The standard InChI is InChI=1S/C25H26BF3N6O2S/c26-21-16-32-35-23(31-15-18-2-1-9-30-14-18)12-22(33-24(21)35)19-7-10-34(11-8-19)38(36,37)20-5-3-17(4-6-20)13-25(27,28)29/h1-6,9,12,14,16,19,31H,7-8,10-11,13,15,26H2. The van der Waals surface area contributed by atoms with Crippen molar-refractivity contribution in [2.45, 2.75) is 42.8 Å². The minimum Gasteiger partial charge on any atom is -0.366 e. The third-order valence-electron chi connectivity index (χ3n) is 6.70. The molecule has 0 radical (unpaired) electrons. The monoisotopic (exact) mass is 542 g/mol. The van der Waals surface area contributed by atoms with Crippen molar-refractivity contribution < 1.29 is 21.6 Å². The van der Waals surface area contributed by atoms with Crippen LogP contribution in [-0.2, 0) is 23.0 Å². The van der Waals surface area contributed by atoms with Crippen molar-refractivity contribution in [2.24, 2.45) is 0 Å². The first-order chi connectivity index (χ1) is 18.1. The van der Waals surface area contributed by atoms with Crippen LogP contribution in [0, 0.1) is 0 Å². The number of piperidine rings is 1. The summed E-state index contributed by atoms with van der Waals surface area (Å²) in [6.45, 7) is 1.14. The maximum absolute atomic E-state index is 13.1. The predicted octanol–water partition coefficient (Wildman–Crippen LogP) is 2.67. The second-order valence-corrected chi connectivity index (χ2v) is 11.4. The van der Waals surface area contributed by atoms with Crippen molar-refractivity contribution in [3.05, 3.63) is 77.9 Å². The molecule has 1 N–H and O–H groups in total. The zero-order valence-electron chi connectivity index (χ0n) is 20.7. The zero-order valence-corrected chi connectivity index (χ0v) is 21.5. The quantitative estimate of drug-likeness (QED) is 0.361. The topological polar surface area (TPSA) is 92.5 Å². The Morgan fingerprint density at radius 3 is 2.45 bits per heavy atom. The molecule has 0 spiro atoms. The summed E-state index contributed by atoms with van der Waals surface area (Å²) >= 11 is 0. The molecule has 1 saturated heterocycles. The zero-order chi connectivity index (χ0) is 26.9. The molecular formula is C25H26BF3N6O2S. The van der Waals surface area contributed by atoms with Crippen LogP contribution < -0.4 is 10.8 Å². The second-order valence-electron chi connectivity index (χ2n) is 9.46. The molecule has 3 aromatic heterocycles. The van der Waals surface area contributed by atoms with Crippen LogP contribution in [0.15, 0.2) is 66.0 Å². The molecule has 5 rings (SSSR count). The fraction of sp³-hybridized carbons (Fsp3) is 0.320. The van der Waals surface area contributed by atoms with Crippen LogP contribution >= 0.6 is 0 Å². The van der Waals surface area contributed by atoms with Gasteiger partial charge < -0.3 is 5.32 Å². The molecule has 13 heteroatoms. The van der Waals surface area contributed by atoms with Crippen LogP contribution in [0.3, 0.4) is 0 Å². The van der Waals surface area contributed by atoms with Crippen LogP contribution in [0.4, 0.5) is 19.0 Å². The number of benzene rings is 1. The van der Waals surface area contributed by atoms with Gasteiger partial charge in [-0.2, -0.15) is 27.1 Å². The van der Waals surface area contributed by atoms with Gasteiger partial charge in [0.1, 0.15) is 13.7 Å². The van der Waals surface area contributed by atoms with Gasteiger partial charge in [0.15, 0.2) is 5.65 Å². The summed E-state index contributed by atoms with van der Waals surface area (Å²) in [6.07, 6.45) is 0.984. The lowest BCUT2D eigenvalue weighted by molar-refractivity contribution is -0.127. The molecule has 38 heavy (non-hydrogen) atoms. The molecular weight excluding hydrogens is 516 g/mol. The maximum atomic E-state index is 13.1. The second kappa shape index (κ2) is 10.4. The van der Waals surface area contributed by atoms with Gasteiger partial charge in [-0.3, -0.25) is 4.98 Å². The fourth-order valence-corrected chi connectivity index (χ4v) is 6.14. The fourth-order valence-electron chi connectivity index (χ4n) is 4.67. The molecule has 1 aliphatic rings. The number of aromatic nitrogens is 4. The van der Waals surface area contributed by atoms with Crippen LogP contribution in [0.2, 0.25) is 0 Å². The normalized spacial score (nSPS) is 15.7. The highest BCUT2D eigenvalue weighted by molar-refractivity contribution is 7.89. The number of sulfonamides is 1. The number of alkyl halides is 3. The highest BCUT2D eigenvalue weighted by Crippen LogP contribution is 2.32. The van der Waals surface area contributed by atoms with E-state index in [2.05, 4.69) is 15.4 Å². The lowest BCUT2D eigenvalue weighted by atomic mass is 9.94. The average molecular weight is 542 g/mol. The Kier molecular flexibility index (Phi) is 7.14. The summed E-state index contributed by atoms with van der Waals surface area (Å²) in [5, 5.41) is 7.86. The van der Waals surface area contributed by atoms with Gasteiger partial charge in [-0.1, -0.05) is 18.2 Å². The number of rotatable bonds is 7. The van der Waals surface area contributed by atoms with Crippen molar-refractivity contribution in [2.75, 3.05) is 18.4 Å². The van der Waals surface area contributed by atoms with Crippen molar-refractivity contribution in [1.29, 1.82) is 0 Å². The third-order valence-corrected chi connectivity index (χ3v) is 8.62. The number of anilines is 1. The molecule has 1 aliphatic heterocycles. The van der Waals surface area contributed by atoms with Crippen molar-refractivity contribution in [3.63, 3.8) is 0 Å². The first-order valence-corrected chi connectivity index (χ1v) is 13.7. The van der Waals surface area contributed by atoms with E-state index in [0.717, 1.165) is 28.2 Å². The van der Waals surface area contributed by atoms with Crippen molar-refractivity contribution >= 4 is 34.8 Å². The minimum atomic E-state index is -4.34. The van der Waals surface area contributed by atoms with E-state index < -0.39 is 22.6 Å². The average Bonchev–Trinajstić information content (AvgIpc) is 3.28. The van der Waals surface area contributed by atoms with E-state index in [4.69, 9.17) is 4.98 Å². The summed E-state index contributed by atoms with van der Waals surface area (Å²) in [7, 11) is -1.87. The number of nitrogens with zero attached hydrogens (tertiary/aromatic N) is 5. The Hall–Kier alpha value is -3.45. The van der Waals surface area contributed by atoms with Gasteiger partial charge >= 0.3 is 6.18 Å². The SMILES string of the molecule is Bc1cnn2c(NCc3cccnc3)cc(C3CCN(S(=O)(=O)c4ccc(CC(F)(F)F)cc4)CC3)nc12. The lowest BCUT2D eigenvalue weighted by Gasteiger charge is -2.31. The Balaban J connectivity index is 1.30. The van der Waals surface area contributed by atoms with Gasteiger partial charge in [-0.15, -0.1) is 0 Å². The van der Waals surface area contributed by atoms with E-state index in [1.165, 1.54) is 28.6 Å². The van der Waals surface area contributed by atoms with E-state index in [1.807, 2.05) is 26.0 Å². The van der Waals surface area contributed by atoms with Gasteiger partial charge in [0.05, 0.1) is 11.3 Å². The number of halogens is 3. The Morgan fingerprint density at radius 1 is 1.05 bits per heavy atom. The Morgan fingerprint density at radius 2 is 1.79 bits per heavy atom. The van der Waals surface area contributed by atoms with E-state index >= 15 is 0 Å². The molecule has 1 aromatic carbocycles. The Bertz CT molecular complexity index is 1520. The molecule has 4 aromatic rings. The smallest absolute Gasteiger partial charge is 0.366 e. The van der Waals surface area contributed by atoms with Crippen LogP contribution in [0.5, 0.6) is 0 Å². The number of hydrogen-bond donors (Lipinski definition) is 1. The molecule has 0 unspecified atom stereocenters. The molecule has 8 nitrogen and oxygen atoms in total. The maximum Gasteiger partial charge on any atom is 0.393 e. The van der Waals surface area contributed by atoms with E-state index in [-0.39, 0.29) is 16.4 Å². The van der Waals surface area contributed by atoms with Crippen LogP contribution in [0.1, 0.15) is 35.6 Å². The third kappa shape index (κ3) is 5.68. The van der Waals surface area contributed by atoms with E-state index in [1.54, 1.807) is 23.1 Å². The molecule has 1 fully saturated rings. The lowest BCUT2D eigenvalue weighted by Crippen LogP contribution is -2.38. The largest absolute Gasteiger partial charge is 0.393 e. The number of nitrogens with one attached hydrogen (secondary N) is 1. The van der Waals surface area contributed by atoms with Crippen LogP contribution in [-0.4, -0.2) is 59.4 Å². The number of pyridine rings is 1. The first-order valence-electron chi connectivity index (χ1n) is 12.2. The summed E-state index contributed by atoms with van der Waals surface area (Å²) in [5.41, 5.74) is 3.59. The summed E-state index contributed by atoms with van der Waals surface area (Å²) in [4.78, 5) is 8.99. The highest BCUT2D eigenvalue weighted by Gasteiger charge is 2.32. The van der Waals surface area contributed by atoms with Crippen molar-refractivity contribution in [3.8, 4) is 0 Å². The van der Waals surface area contributed by atoms with Gasteiger partial charge in [0.25, 0.3) is 0 Å². The number of hydrogen-bond acceptors (Lipinski definition) is 6. The van der Waals surface area contributed by atoms with Gasteiger partial charge in [-0.25, -0.2) is 13.4 Å². The molecule has 0 aliphatic carbocycles. The van der Waals surface area contributed by atoms with Gasteiger partial charge in [-0.05, 0) is 47.6 Å². The van der Waals surface area contributed by atoms with Gasteiger partial charge in [0.2, 0.25) is 10.0 Å². The molecule has 4 heterocycles. The molecule has 198 valence electrons. The molecule has 0 saturated carbocycles. The number of fused-ring (bicyclic) bond motifs is 1. The summed E-state index contributed by atoms with van der Waals surface area (Å²) < 4.78 is 67.4. The van der Waals surface area contributed by atoms with E-state index in [0.29, 0.717) is 32.5 Å².